The summed E-state index contributed by atoms with van der Waals surface area (Å²) in [6.45, 7) is -0.221. The Morgan fingerprint density at radius 1 is 1.14 bits per heavy atom. The molecule has 0 saturated heterocycles. The molecule has 2 aromatic carbocycles. The molecule has 2 amide bonds. The van der Waals surface area contributed by atoms with Crippen molar-refractivity contribution in [2.75, 3.05) is 19.0 Å². The van der Waals surface area contributed by atoms with Crippen LogP contribution in [0, 0.1) is 0 Å². The lowest BCUT2D eigenvalue weighted by Crippen LogP contribution is -2.24. The largest absolute Gasteiger partial charge is 0.494 e. The minimum absolute atomic E-state index is 0.117. The number of thiazole rings is 1. The fourth-order valence-electron chi connectivity index (χ4n) is 2.62. The zero-order valence-electron chi connectivity index (χ0n) is 15.5. The van der Waals surface area contributed by atoms with Crippen LogP contribution in [0.5, 0.6) is 11.6 Å². The average molecular weight is 413 g/mol. The van der Waals surface area contributed by atoms with Crippen LogP contribution in [0.3, 0.4) is 0 Å². The molecular formula is C20H19N3O5S. The van der Waals surface area contributed by atoms with E-state index in [9.17, 15) is 19.5 Å². The number of amides is 2. The predicted octanol–water partition coefficient (Wildman–Crippen LogP) is 2.11. The Morgan fingerprint density at radius 2 is 1.86 bits per heavy atom. The molecule has 0 aliphatic carbocycles. The van der Waals surface area contributed by atoms with Crippen LogP contribution in [0.4, 0.5) is 5.69 Å². The number of H-pyrrole nitrogens is 1. The highest BCUT2D eigenvalue weighted by Crippen LogP contribution is 2.22. The van der Waals surface area contributed by atoms with Gasteiger partial charge in [0.1, 0.15) is 5.75 Å². The molecular weight excluding hydrogens is 394 g/mol. The summed E-state index contributed by atoms with van der Waals surface area (Å²) in [5, 5.41) is 14.8. The lowest BCUT2D eigenvalue weighted by Gasteiger charge is -2.11. The second-order valence-corrected chi connectivity index (χ2v) is 7.14. The van der Waals surface area contributed by atoms with Crippen LogP contribution >= 0.6 is 11.3 Å². The van der Waals surface area contributed by atoms with E-state index in [-0.39, 0.29) is 23.3 Å². The highest BCUT2D eigenvalue weighted by molar-refractivity contribution is 7.09. The topological polar surface area (TPSA) is 121 Å². The maximum absolute atomic E-state index is 12.2. The number of carbonyl (C=O) groups excluding carboxylic acids is 2. The minimum atomic E-state index is -0.396. The summed E-state index contributed by atoms with van der Waals surface area (Å²) in [6.07, 6.45) is 0.409. The van der Waals surface area contributed by atoms with Gasteiger partial charge in [0.15, 0.2) is 6.61 Å². The monoisotopic (exact) mass is 413 g/mol. The Kier molecular flexibility index (Phi) is 6.30. The Balaban J connectivity index is 1.56. The van der Waals surface area contributed by atoms with Crippen molar-refractivity contribution >= 4 is 28.8 Å². The Bertz CT molecular complexity index is 1070. The Hall–Kier alpha value is -3.59. The van der Waals surface area contributed by atoms with Crippen molar-refractivity contribution in [1.82, 2.24) is 10.3 Å². The zero-order chi connectivity index (χ0) is 20.8. The van der Waals surface area contributed by atoms with Crippen molar-refractivity contribution in [3.05, 3.63) is 74.2 Å². The molecule has 0 fully saturated rings. The van der Waals surface area contributed by atoms with Gasteiger partial charge in [-0.3, -0.25) is 19.4 Å². The molecule has 3 rings (SSSR count). The van der Waals surface area contributed by atoms with Gasteiger partial charge in [0.25, 0.3) is 11.8 Å². The number of aromatic hydroxyl groups is 1. The first-order chi connectivity index (χ1) is 14.0. The van der Waals surface area contributed by atoms with Crippen molar-refractivity contribution in [3.63, 3.8) is 0 Å². The lowest BCUT2D eigenvalue weighted by molar-refractivity contribution is -0.118. The van der Waals surface area contributed by atoms with Crippen molar-refractivity contribution in [3.8, 4) is 11.6 Å². The summed E-state index contributed by atoms with van der Waals surface area (Å²) in [5.74, 6) is -0.313. The number of hydrogen-bond acceptors (Lipinski definition) is 6. The quantitative estimate of drug-likeness (QED) is 0.473. The van der Waals surface area contributed by atoms with Crippen LogP contribution in [0.15, 0.2) is 53.3 Å². The second-order valence-electron chi connectivity index (χ2n) is 6.07. The first kappa shape index (κ1) is 20.2. The fraction of sp³-hybridized carbons (Fsp3) is 0.150. The summed E-state index contributed by atoms with van der Waals surface area (Å²) in [5.41, 5.74) is 1.65. The standard InChI is InChI=1S/C20H19N3O5S/c1-21-18(25)14-4-2-3-5-15(14)22-17(24)11-28-13-8-6-12(7-9-13)10-16-19(26)23-20(27)29-16/h2-9,26H,10-11H2,1H3,(H,21,25)(H,22,24)(H,23,27). The van der Waals surface area contributed by atoms with Gasteiger partial charge in [-0.15, -0.1) is 0 Å². The van der Waals surface area contributed by atoms with Crippen LogP contribution in [0.2, 0.25) is 0 Å². The molecule has 0 radical (unpaired) electrons. The highest BCUT2D eigenvalue weighted by atomic mass is 32.1. The third-order valence-electron chi connectivity index (χ3n) is 4.03. The van der Waals surface area contributed by atoms with Gasteiger partial charge in [0.05, 0.1) is 16.1 Å². The van der Waals surface area contributed by atoms with Crippen LogP contribution < -0.4 is 20.2 Å². The van der Waals surface area contributed by atoms with Gasteiger partial charge in [-0.1, -0.05) is 35.6 Å². The molecule has 0 saturated carbocycles. The highest BCUT2D eigenvalue weighted by Gasteiger charge is 2.12. The summed E-state index contributed by atoms with van der Waals surface area (Å²) < 4.78 is 5.48. The van der Waals surface area contributed by atoms with Gasteiger partial charge in [-0.25, -0.2) is 0 Å². The van der Waals surface area contributed by atoms with Gasteiger partial charge >= 0.3 is 4.87 Å². The third-order valence-corrected chi connectivity index (χ3v) is 4.90. The van der Waals surface area contributed by atoms with E-state index in [1.165, 1.54) is 7.05 Å². The third kappa shape index (κ3) is 5.23. The number of para-hydroxylation sites is 1. The number of anilines is 1. The molecule has 3 aromatic rings. The Labute approximate surface area is 170 Å². The SMILES string of the molecule is CNC(=O)c1ccccc1NC(=O)COc1ccc(Cc2sc(=O)[nH]c2O)cc1. The number of benzene rings is 2. The van der Waals surface area contributed by atoms with E-state index in [0.717, 1.165) is 16.9 Å². The molecule has 150 valence electrons. The maximum atomic E-state index is 12.2. The number of rotatable bonds is 7. The molecule has 1 aromatic heterocycles. The van der Waals surface area contributed by atoms with E-state index in [0.29, 0.717) is 28.3 Å². The molecule has 9 heteroatoms. The first-order valence-electron chi connectivity index (χ1n) is 8.70. The normalized spacial score (nSPS) is 10.4. The number of hydrogen-bond donors (Lipinski definition) is 4. The van der Waals surface area contributed by atoms with Crippen molar-refractivity contribution in [1.29, 1.82) is 0 Å². The van der Waals surface area contributed by atoms with E-state index in [1.807, 2.05) is 0 Å². The summed E-state index contributed by atoms with van der Waals surface area (Å²) in [4.78, 5) is 37.8. The van der Waals surface area contributed by atoms with Gasteiger partial charge in [-0.05, 0) is 29.8 Å². The summed E-state index contributed by atoms with van der Waals surface area (Å²) in [7, 11) is 1.52. The molecule has 4 N–H and O–H groups in total. The van der Waals surface area contributed by atoms with Gasteiger partial charge in [-0.2, -0.15) is 0 Å². The van der Waals surface area contributed by atoms with Crippen LogP contribution in [-0.2, 0) is 11.2 Å². The average Bonchev–Trinajstić information content (AvgIpc) is 3.04. The van der Waals surface area contributed by atoms with Crippen molar-refractivity contribution < 1.29 is 19.4 Å². The molecule has 0 aliphatic rings. The number of carbonyl (C=O) groups is 2. The van der Waals surface area contributed by atoms with Crippen LogP contribution in [0.25, 0.3) is 0 Å². The Morgan fingerprint density at radius 3 is 2.52 bits per heavy atom. The predicted molar refractivity (Wildman–Crippen MR) is 110 cm³/mol. The molecule has 1 heterocycles. The van der Waals surface area contributed by atoms with E-state index in [1.54, 1.807) is 48.5 Å². The second kappa shape index (κ2) is 9.07. The molecule has 0 unspecified atom stereocenters. The summed E-state index contributed by atoms with van der Waals surface area (Å²) in [6, 6.07) is 13.7. The number of nitrogens with one attached hydrogen (secondary N) is 3. The fourth-order valence-corrected chi connectivity index (χ4v) is 3.38. The molecule has 0 atom stereocenters. The van der Waals surface area contributed by atoms with Crippen LogP contribution in [0.1, 0.15) is 20.8 Å². The van der Waals surface area contributed by atoms with E-state index >= 15 is 0 Å². The first-order valence-corrected chi connectivity index (χ1v) is 9.51. The molecule has 8 nitrogen and oxygen atoms in total. The van der Waals surface area contributed by atoms with Crippen LogP contribution in [-0.4, -0.2) is 35.6 Å². The van der Waals surface area contributed by atoms with Gasteiger partial charge in [0, 0.05) is 13.5 Å². The minimum Gasteiger partial charge on any atom is -0.494 e. The van der Waals surface area contributed by atoms with Crippen molar-refractivity contribution in [2.45, 2.75) is 6.42 Å². The van der Waals surface area contributed by atoms with E-state index in [4.69, 9.17) is 4.74 Å². The van der Waals surface area contributed by atoms with E-state index < -0.39 is 5.91 Å². The molecule has 29 heavy (non-hydrogen) atoms. The number of aromatic amines is 1. The maximum Gasteiger partial charge on any atom is 0.307 e. The molecule has 0 spiro atoms. The lowest BCUT2D eigenvalue weighted by atomic mass is 10.1. The summed E-state index contributed by atoms with van der Waals surface area (Å²) >= 11 is 0.959. The van der Waals surface area contributed by atoms with Gasteiger partial charge in [0.2, 0.25) is 5.88 Å². The van der Waals surface area contributed by atoms with Gasteiger partial charge < -0.3 is 20.5 Å². The number of ether oxygens (including phenoxy) is 1. The molecule has 0 aliphatic heterocycles. The van der Waals surface area contributed by atoms with E-state index in [2.05, 4.69) is 15.6 Å². The molecule has 0 bridgehead atoms. The smallest absolute Gasteiger partial charge is 0.307 e. The number of aromatic nitrogens is 1. The zero-order valence-corrected chi connectivity index (χ0v) is 16.3. The van der Waals surface area contributed by atoms with Crippen molar-refractivity contribution in [2.24, 2.45) is 0 Å².